The Labute approximate surface area is 162 Å². The van der Waals surface area contributed by atoms with E-state index in [2.05, 4.69) is 9.97 Å². The predicted octanol–water partition coefficient (Wildman–Crippen LogP) is 3.58. The van der Waals surface area contributed by atoms with Gasteiger partial charge in [0.05, 0.1) is 17.1 Å². The Kier molecular flexibility index (Phi) is 4.73. The van der Waals surface area contributed by atoms with Gasteiger partial charge in [0.15, 0.2) is 11.7 Å². The van der Waals surface area contributed by atoms with Crippen molar-refractivity contribution in [2.75, 3.05) is 11.4 Å². The summed E-state index contributed by atoms with van der Waals surface area (Å²) < 4.78 is 0. The van der Waals surface area contributed by atoms with Crippen LogP contribution in [0.15, 0.2) is 54.6 Å². The largest absolute Gasteiger partial charge is 0.340 e. The zero-order chi connectivity index (χ0) is 19.5. The van der Waals surface area contributed by atoms with Crippen LogP contribution in [0, 0.1) is 11.3 Å². The molecule has 4 rings (SSSR count). The number of benzene rings is 2. The summed E-state index contributed by atoms with van der Waals surface area (Å²) in [6.45, 7) is 0.744. The third kappa shape index (κ3) is 3.42. The molecule has 28 heavy (non-hydrogen) atoms. The van der Waals surface area contributed by atoms with E-state index in [1.54, 1.807) is 11.0 Å². The van der Waals surface area contributed by atoms with Crippen LogP contribution in [0.3, 0.4) is 0 Å². The van der Waals surface area contributed by atoms with Crippen LogP contribution < -0.4 is 4.90 Å². The molecule has 1 saturated heterocycles. The van der Waals surface area contributed by atoms with Crippen molar-refractivity contribution in [3.8, 4) is 6.07 Å². The van der Waals surface area contributed by atoms with Crippen LogP contribution in [-0.4, -0.2) is 28.2 Å². The molecule has 1 amide bonds. The van der Waals surface area contributed by atoms with Gasteiger partial charge < -0.3 is 9.88 Å². The van der Waals surface area contributed by atoms with Crippen LogP contribution in [0.25, 0.3) is 17.1 Å². The summed E-state index contributed by atoms with van der Waals surface area (Å²) in [5.41, 5.74) is 3.20. The highest BCUT2D eigenvalue weighted by Gasteiger charge is 2.22. The lowest BCUT2D eigenvalue weighted by Crippen LogP contribution is -2.23. The van der Waals surface area contributed by atoms with Crippen molar-refractivity contribution < 1.29 is 9.59 Å². The Morgan fingerprint density at radius 3 is 2.68 bits per heavy atom. The Morgan fingerprint density at radius 2 is 2.00 bits per heavy atom. The number of H-pyrrole nitrogens is 1. The van der Waals surface area contributed by atoms with Gasteiger partial charge in [-0.1, -0.05) is 30.3 Å². The van der Waals surface area contributed by atoms with Crippen LogP contribution in [0.4, 0.5) is 5.69 Å². The van der Waals surface area contributed by atoms with E-state index in [0.717, 1.165) is 35.2 Å². The molecule has 1 atom stereocenters. The monoisotopic (exact) mass is 370 g/mol. The van der Waals surface area contributed by atoms with E-state index < -0.39 is 5.92 Å². The quantitative estimate of drug-likeness (QED) is 0.695. The van der Waals surface area contributed by atoms with E-state index in [1.165, 1.54) is 6.08 Å². The molecule has 2 aromatic carbocycles. The molecule has 0 spiro atoms. The highest BCUT2D eigenvalue weighted by Crippen LogP contribution is 2.22. The van der Waals surface area contributed by atoms with Crippen molar-refractivity contribution in [3.63, 3.8) is 0 Å². The van der Waals surface area contributed by atoms with E-state index in [0.29, 0.717) is 12.2 Å². The van der Waals surface area contributed by atoms with Crippen LogP contribution in [0.1, 0.15) is 30.1 Å². The van der Waals surface area contributed by atoms with Gasteiger partial charge in [-0.2, -0.15) is 5.26 Å². The van der Waals surface area contributed by atoms with E-state index in [4.69, 9.17) is 0 Å². The molecule has 1 aliphatic heterocycles. The number of nitrogens with zero attached hydrogens (tertiary/aromatic N) is 3. The molecule has 138 valence electrons. The minimum atomic E-state index is -0.981. The van der Waals surface area contributed by atoms with Gasteiger partial charge in [-0.3, -0.25) is 9.59 Å². The Bertz CT molecular complexity index is 1070. The number of aromatic nitrogens is 2. The maximum absolute atomic E-state index is 12.5. The van der Waals surface area contributed by atoms with Crippen LogP contribution >= 0.6 is 0 Å². The number of carbonyl (C=O) groups is 2. The summed E-state index contributed by atoms with van der Waals surface area (Å²) in [5, 5.41) is 9.45. The number of allylic oxidation sites excluding steroid dienone is 1. The number of aromatic amines is 1. The van der Waals surface area contributed by atoms with E-state index in [9.17, 15) is 14.9 Å². The molecule has 0 radical (unpaired) electrons. The third-order valence-corrected chi connectivity index (χ3v) is 4.81. The van der Waals surface area contributed by atoms with Crippen molar-refractivity contribution in [2.45, 2.75) is 18.8 Å². The molecule has 1 aromatic heterocycles. The molecule has 1 unspecified atom stereocenters. The van der Waals surface area contributed by atoms with Gasteiger partial charge >= 0.3 is 0 Å². The maximum Gasteiger partial charge on any atom is 0.227 e. The van der Waals surface area contributed by atoms with Crippen molar-refractivity contribution in [1.82, 2.24) is 9.97 Å². The molecular formula is C22H18N4O2. The lowest BCUT2D eigenvalue weighted by Gasteiger charge is -2.15. The summed E-state index contributed by atoms with van der Waals surface area (Å²) in [6, 6.07) is 16.9. The number of hydrogen-bond acceptors (Lipinski definition) is 4. The summed E-state index contributed by atoms with van der Waals surface area (Å²) in [4.78, 5) is 33.5. The van der Waals surface area contributed by atoms with Crippen LogP contribution in [0.5, 0.6) is 0 Å². The number of carbonyl (C=O) groups excluding carboxylic acids is 2. The second-order valence-electron chi connectivity index (χ2n) is 6.68. The first-order valence-electron chi connectivity index (χ1n) is 9.12. The number of rotatable bonds is 5. The minimum Gasteiger partial charge on any atom is -0.340 e. The number of nitrogens with one attached hydrogen (secondary N) is 1. The zero-order valence-corrected chi connectivity index (χ0v) is 15.1. The van der Waals surface area contributed by atoms with Crippen LogP contribution in [-0.2, 0) is 9.59 Å². The van der Waals surface area contributed by atoms with Gasteiger partial charge in [-0.05, 0) is 42.3 Å². The first-order chi connectivity index (χ1) is 13.7. The lowest BCUT2D eigenvalue weighted by molar-refractivity contribution is -0.117. The number of hydrogen-bond donors (Lipinski definition) is 1. The van der Waals surface area contributed by atoms with Crippen LogP contribution in [0.2, 0.25) is 0 Å². The Balaban J connectivity index is 1.49. The molecule has 0 aliphatic carbocycles. The molecule has 0 saturated carbocycles. The first-order valence-corrected chi connectivity index (χ1v) is 9.12. The predicted molar refractivity (Wildman–Crippen MR) is 107 cm³/mol. The second kappa shape index (κ2) is 7.49. The van der Waals surface area contributed by atoms with Crippen molar-refractivity contribution >= 4 is 34.5 Å². The molecule has 1 fully saturated rings. The fourth-order valence-corrected chi connectivity index (χ4v) is 3.33. The number of fused-ring (bicyclic) bond motifs is 1. The van der Waals surface area contributed by atoms with E-state index >= 15 is 0 Å². The van der Waals surface area contributed by atoms with Gasteiger partial charge in [0.2, 0.25) is 5.91 Å². The normalized spacial score (nSPS) is 15.2. The molecule has 6 heteroatoms. The molecule has 0 bridgehead atoms. The third-order valence-electron chi connectivity index (χ3n) is 4.81. The van der Waals surface area contributed by atoms with Gasteiger partial charge in [0.1, 0.15) is 5.82 Å². The van der Waals surface area contributed by atoms with E-state index in [-0.39, 0.29) is 11.7 Å². The number of ketones is 1. The number of anilines is 1. The highest BCUT2D eigenvalue weighted by atomic mass is 16.2. The molecule has 2 heterocycles. The van der Waals surface area contributed by atoms with E-state index in [1.807, 2.05) is 54.6 Å². The standard InChI is InChI=1S/C22H18N4O2/c23-14-17(22-24-18-4-1-2-5-19(18)25-22)20(27)12-9-15-7-10-16(11-8-15)26-13-3-6-21(26)28/h1-2,4-5,7-12,17H,3,6,13H2,(H,24,25)/b12-9+. The zero-order valence-electron chi connectivity index (χ0n) is 15.1. The minimum absolute atomic E-state index is 0.140. The fraction of sp³-hybridized carbons (Fsp3) is 0.182. The van der Waals surface area contributed by atoms with Gasteiger partial charge in [0.25, 0.3) is 0 Å². The van der Waals surface area contributed by atoms with Crippen molar-refractivity contribution in [3.05, 3.63) is 66.0 Å². The fourth-order valence-electron chi connectivity index (χ4n) is 3.33. The second-order valence-corrected chi connectivity index (χ2v) is 6.68. The summed E-state index contributed by atoms with van der Waals surface area (Å²) in [5.74, 6) is -0.826. The summed E-state index contributed by atoms with van der Waals surface area (Å²) >= 11 is 0. The average molecular weight is 370 g/mol. The van der Waals surface area contributed by atoms with Gasteiger partial charge in [0, 0.05) is 18.7 Å². The summed E-state index contributed by atoms with van der Waals surface area (Å²) in [6.07, 6.45) is 4.54. The number of amides is 1. The van der Waals surface area contributed by atoms with Gasteiger partial charge in [-0.15, -0.1) is 0 Å². The SMILES string of the molecule is N#CC(C(=O)/C=C/c1ccc(N2CCCC2=O)cc1)c1nc2ccccc2[nH]1. The molecule has 6 nitrogen and oxygen atoms in total. The number of para-hydroxylation sites is 2. The molecule has 3 aromatic rings. The molecule has 1 N–H and O–H groups in total. The highest BCUT2D eigenvalue weighted by molar-refractivity contribution is 6.00. The lowest BCUT2D eigenvalue weighted by atomic mass is 10.0. The Hall–Kier alpha value is -3.72. The molecular weight excluding hydrogens is 352 g/mol. The topological polar surface area (TPSA) is 89.8 Å². The Morgan fingerprint density at radius 1 is 1.21 bits per heavy atom. The van der Waals surface area contributed by atoms with Crippen molar-refractivity contribution in [2.24, 2.45) is 0 Å². The number of imidazole rings is 1. The number of nitriles is 1. The summed E-state index contributed by atoms with van der Waals surface area (Å²) in [7, 11) is 0. The smallest absolute Gasteiger partial charge is 0.227 e. The average Bonchev–Trinajstić information content (AvgIpc) is 3.33. The molecule has 1 aliphatic rings. The van der Waals surface area contributed by atoms with Crippen molar-refractivity contribution in [1.29, 1.82) is 5.26 Å². The first kappa shape index (κ1) is 17.7. The van der Waals surface area contributed by atoms with Gasteiger partial charge in [-0.25, -0.2) is 4.98 Å². The maximum atomic E-state index is 12.5.